The fourth-order valence-corrected chi connectivity index (χ4v) is 5.82. The number of hydrogen-bond donors (Lipinski definition) is 2. The van der Waals surface area contributed by atoms with Crippen LogP contribution in [0.2, 0.25) is 0 Å². The van der Waals surface area contributed by atoms with E-state index in [1.165, 1.54) is 12.0 Å². The minimum absolute atomic E-state index is 0.0775. The number of fused-ring (bicyclic) bond motifs is 2. The Morgan fingerprint density at radius 2 is 2.22 bits per heavy atom. The molecule has 1 fully saturated rings. The van der Waals surface area contributed by atoms with Crippen molar-refractivity contribution in [1.82, 2.24) is 9.88 Å². The van der Waals surface area contributed by atoms with Gasteiger partial charge in [0.15, 0.2) is 0 Å². The number of likely N-dealkylation sites (tertiary alicyclic amines) is 1. The molecule has 2 aromatic rings. The number of hydrogen-bond acceptors (Lipinski definition) is 6. The maximum absolute atomic E-state index is 12.5. The molecule has 0 aliphatic carbocycles. The molecule has 4 heterocycles. The van der Waals surface area contributed by atoms with Gasteiger partial charge in [0.05, 0.1) is 12.7 Å². The van der Waals surface area contributed by atoms with Crippen molar-refractivity contribution in [2.75, 3.05) is 38.2 Å². The number of rotatable bonds is 9. The van der Waals surface area contributed by atoms with Gasteiger partial charge in [-0.1, -0.05) is 19.1 Å². The number of carbonyl (C=O) groups is 1. The van der Waals surface area contributed by atoms with Crippen molar-refractivity contribution < 1.29 is 19.4 Å². The smallest absolute Gasteiger partial charge is 0.325 e. The van der Waals surface area contributed by atoms with Crippen molar-refractivity contribution in [2.45, 2.75) is 70.9 Å². The molecule has 0 radical (unpaired) electrons. The highest BCUT2D eigenvalue weighted by atomic mass is 16.5. The summed E-state index contributed by atoms with van der Waals surface area (Å²) >= 11 is 0. The molecule has 1 aromatic heterocycles. The summed E-state index contributed by atoms with van der Waals surface area (Å²) in [6, 6.07) is 7.78. The van der Waals surface area contributed by atoms with Gasteiger partial charge in [-0.3, -0.25) is 9.69 Å². The number of anilines is 1. The molecule has 0 spiro atoms. The third-order valence-corrected chi connectivity index (χ3v) is 7.67. The zero-order valence-corrected chi connectivity index (χ0v) is 21.6. The van der Waals surface area contributed by atoms with Gasteiger partial charge in [-0.15, -0.1) is 0 Å². The Labute approximate surface area is 214 Å². The molecule has 0 amide bonds. The van der Waals surface area contributed by atoms with E-state index in [-0.39, 0.29) is 6.10 Å². The van der Waals surface area contributed by atoms with Crippen LogP contribution in [0.3, 0.4) is 0 Å². The van der Waals surface area contributed by atoms with Crippen LogP contribution in [-0.2, 0) is 28.8 Å². The van der Waals surface area contributed by atoms with Crippen LogP contribution in [0.1, 0.15) is 66.6 Å². The molecular weight excluding hydrogens is 454 g/mol. The van der Waals surface area contributed by atoms with Crippen LogP contribution in [0.5, 0.6) is 5.75 Å². The van der Waals surface area contributed by atoms with E-state index in [1.807, 2.05) is 19.1 Å². The van der Waals surface area contributed by atoms with Crippen LogP contribution in [-0.4, -0.2) is 59.9 Å². The van der Waals surface area contributed by atoms with Crippen LogP contribution < -0.4 is 10.1 Å². The van der Waals surface area contributed by atoms with Crippen LogP contribution in [0, 0.1) is 12.8 Å². The second-order valence-corrected chi connectivity index (χ2v) is 10.8. The summed E-state index contributed by atoms with van der Waals surface area (Å²) in [5, 5.41) is 13.6. The van der Waals surface area contributed by atoms with Gasteiger partial charge >= 0.3 is 5.97 Å². The van der Waals surface area contributed by atoms with E-state index >= 15 is 0 Å². The Morgan fingerprint density at radius 3 is 3.08 bits per heavy atom. The Hall–Kier alpha value is -2.64. The van der Waals surface area contributed by atoms with Crippen molar-refractivity contribution in [3.63, 3.8) is 0 Å². The van der Waals surface area contributed by atoms with Gasteiger partial charge in [-0.2, -0.15) is 0 Å². The van der Waals surface area contributed by atoms with E-state index in [1.54, 1.807) is 0 Å². The molecule has 1 saturated heterocycles. The lowest BCUT2D eigenvalue weighted by molar-refractivity contribution is -0.143. The number of nitrogens with zero attached hydrogens (tertiary/aromatic N) is 2. The van der Waals surface area contributed by atoms with Crippen molar-refractivity contribution in [1.29, 1.82) is 0 Å². The topological polar surface area (TPSA) is 83.9 Å². The van der Waals surface area contributed by atoms with Crippen molar-refractivity contribution in [3.8, 4) is 5.75 Å². The van der Waals surface area contributed by atoms with Crippen LogP contribution in [0.25, 0.3) is 0 Å². The van der Waals surface area contributed by atoms with Gasteiger partial charge in [0.2, 0.25) is 0 Å². The first-order valence-electron chi connectivity index (χ1n) is 13.6. The van der Waals surface area contributed by atoms with Gasteiger partial charge in [0.1, 0.15) is 17.6 Å². The highest BCUT2D eigenvalue weighted by Crippen LogP contribution is 2.38. The van der Waals surface area contributed by atoms with Gasteiger partial charge in [-0.25, -0.2) is 4.98 Å². The Bertz CT molecular complexity index is 1090. The van der Waals surface area contributed by atoms with Gasteiger partial charge in [-0.05, 0) is 92.2 Å². The zero-order valence-electron chi connectivity index (χ0n) is 21.6. The molecule has 1 aromatic carbocycles. The Morgan fingerprint density at radius 1 is 1.33 bits per heavy atom. The Balaban J connectivity index is 1.13. The Kier molecular flexibility index (Phi) is 7.77. The molecular formula is C29H39N3O4. The third-order valence-electron chi connectivity index (χ3n) is 7.67. The number of carboxylic acids is 1. The zero-order chi connectivity index (χ0) is 25.1. The second kappa shape index (κ2) is 11.2. The SMILES string of the molecule is Cc1cc2c(c([C@H](C(=O)O)N3CC[C@@H](OCCCCc4ccc5c(n4)NCCC5)C3)c1)CC(C)CO2. The molecule has 7 nitrogen and oxygen atoms in total. The predicted molar refractivity (Wildman–Crippen MR) is 140 cm³/mol. The van der Waals surface area contributed by atoms with Gasteiger partial charge < -0.3 is 19.9 Å². The predicted octanol–water partition coefficient (Wildman–Crippen LogP) is 4.56. The average molecular weight is 494 g/mol. The number of pyridine rings is 1. The first kappa shape index (κ1) is 25.0. The van der Waals surface area contributed by atoms with Crippen molar-refractivity contribution >= 4 is 11.8 Å². The summed E-state index contributed by atoms with van der Waals surface area (Å²) in [4.78, 5) is 19.3. The molecule has 0 saturated carbocycles. The number of aromatic nitrogens is 1. The summed E-state index contributed by atoms with van der Waals surface area (Å²) in [6.07, 6.45) is 7.06. The first-order valence-corrected chi connectivity index (χ1v) is 13.6. The van der Waals surface area contributed by atoms with Gasteiger partial charge in [0, 0.05) is 31.9 Å². The minimum atomic E-state index is -0.797. The van der Waals surface area contributed by atoms with Crippen molar-refractivity contribution in [3.05, 3.63) is 52.2 Å². The van der Waals surface area contributed by atoms with Crippen molar-refractivity contribution in [2.24, 2.45) is 5.92 Å². The second-order valence-electron chi connectivity index (χ2n) is 10.8. The number of unbranched alkanes of at least 4 members (excludes halogenated alkanes) is 1. The normalized spacial score (nSPS) is 22.3. The molecule has 5 rings (SSSR count). The summed E-state index contributed by atoms with van der Waals surface area (Å²) in [6.45, 7) is 7.94. The standard InChI is InChI=1S/C29H39N3O4/c1-19-14-25(24-15-20(2)18-36-26(24)16-19)27(29(33)34)32-12-10-23(17-32)35-13-4-3-7-22-9-8-21-6-5-11-30-28(21)31-22/h8-9,14,16,20,23,27H,3-7,10-13,15,17-18H2,1-2H3,(H,30,31)(H,33,34)/t20?,23-,27-/m1/s1. The molecule has 7 heteroatoms. The van der Waals surface area contributed by atoms with Crippen LogP contribution in [0.4, 0.5) is 5.82 Å². The summed E-state index contributed by atoms with van der Waals surface area (Å²) in [5.74, 6) is 1.50. The van der Waals surface area contributed by atoms with Crippen LogP contribution in [0.15, 0.2) is 24.3 Å². The molecule has 3 aliphatic rings. The van der Waals surface area contributed by atoms with E-state index in [0.29, 0.717) is 25.7 Å². The molecule has 194 valence electrons. The molecule has 3 aliphatic heterocycles. The van der Waals surface area contributed by atoms with Crippen LogP contribution >= 0.6 is 0 Å². The van der Waals surface area contributed by atoms with E-state index in [4.69, 9.17) is 14.5 Å². The number of nitrogens with one attached hydrogen (secondary N) is 1. The monoisotopic (exact) mass is 493 g/mol. The number of ether oxygens (including phenoxy) is 2. The highest BCUT2D eigenvalue weighted by molar-refractivity contribution is 5.77. The fourth-order valence-electron chi connectivity index (χ4n) is 5.82. The quantitative estimate of drug-likeness (QED) is 0.496. The van der Waals surface area contributed by atoms with E-state index < -0.39 is 12.0 Å². The fraction of sp³-hybridized carbons (Fsp3) is 0.586. The average Bonchev–Trinajstić information content (AvgIpc) is 3.32. The number of benzene rings is 1. The first-order chi connectivity index (χ1) is 17.5. The van der Waals surface area contributed by atoms with E-state index in [9.17, 15) is 9.90 Å². The lowest BCUT2D eigenvalue weighted by Crippen LogP contribution is -2.35. The molecule has 3 atom stereocenters. The minimum Gasteiger partial charge on any atom is -0.493 e. The number of aliphatic carboxylic acids is 1. The third kappa shape index (κ3) is 5.68. The van der Waals surface area contributed by atoms with E-state index in [0.717, 1.165) is 85.6 Å². The highest BCUT2D eigenvalue weighted by Gasteiger charge is 2.36. The molecule has 2 N–H and O–H groups in total. The summed E-state index contributed by atoms with van der Waals surface area (Å²) in [5.41, 5.74) is 5.45. The number of aryl methyl sites for hydroxylation is 3. The molecule has 1 unspecified atom stereocenters. The summed E-state index contributed by atoms with van der Waals surface area (Å²) in [7, 11) is 0. The molecule has 0 bridgehead atoms. The summed E-state index contributed by atoms with van der Waals surface area (Å²) < 4.78 is 12.2. The lowest BCUT2D eigenvalue weighted by atomic mass is 9.89. The molecule has 36 heavy (non-hydrogen) atoms. The lowest BCUT2D eigenvalue weighted by Gasteiger charge is -2.31. The maximum atomic E-state index is 12.5. The largest absolute Gasteiger partial charge is 0.493 e. The van der Waals surface area contributed by atoms with E-state index in [2.05, 4.69) is 29.3 Å². The maximum Gasteiger partial charge on any atom is 0.325 e. The van der Waals surface area contributed by atoms with Gasteiger partial charge in [0.25, 0.3) is 0 Å². The number of carboxylic acid groups (broad SMARTS) is 1.